The highest BCUT2D eigenvalue weighted by molar-refractivity contribution is 6.09. The van der Waals surface area contributed by atoms with Crippen LogP contribution in [0.15, 0.2) is 42.2 Å². The number of anilines is 1. The lowest BCUT2D eigenvalue weighted by Gasteiger charge is -2.08. The van der Waals surface area contributed by atoms with Gasteiger partial charge in [0, 0.05) is 6.20 Å². The van der Waals surface area contributed by atoms with Gasteiger partial charge in [-0.25, -0.2) is 0 Å². The molecular formula is C18H17N3O. The zero-order valence-corrected chi connectivity index (χ0v) is 12.8. The molecule has 0 aliphatic carbocycles. The van der Waals surface area contributed by atoms with Crippen molar-refractivity contribution in [3.63, 3.8) is 0 Å². The Kier molecular flexibility index (Phi) is 4.70. The molecule has 0 unspecified atom stereocenters. The van der Waals surface area contributed by atoms with Crippen molar-refractivity contribution in [3.8, 4) is 6.07 Å². The maximum Gasteiger partial charge on any atom is 0.266 e. The summed E-state index contributed by atoms with van der Waals surface area (Å²) in [5, 5.41) is 11.9. The molecule has 0 saturated heterocycles. The molecule has 1 N–H and O–H groups in total. The molecule has 0 saturated carbocycles. The van der Waals surface area contributed by atoms with Gasteiger partial charge in [-0.3, -0.25) is 9.78 Å². The van der Waals surface area contributed by atoms with Crippen molar-refractivity contribution < 1.29 is 4.79 Å². The molecule has 0 atom stereocenters. The Hall–Kier alpha value is -2.93. The van der Waals surface area contributed by atoms with Crippen LogP contribution in [0.3, 0.4) is 0 Å². The second kappa shape index (κ2) is 6.68. The summed E-state index contributed by atoms with van der Waals surface area (Å²) in [7, 11) is 0. The van der Waals surface area contributed by atoms with E-state index in [4.69, 9.17) is 0 Å². The maximum absolute atomic E-state index is 12.2. The third-order valence-corrected chi connectivity index (χ3v) is 3.31. The van der Waals surface area contributed by atoms with Crippen molar-refractivity contribution in [1.82, 2.24) is 4.98 Å². The van der Waals surface area contributed by atoms with Gasteiger partial charge in [-0.05, 0) is 55.7 Å². The number of hydrogen-bond donors (Lipinski definition) is 1. The summed E-state index contributed by atoms with van der Waals surface area (Å²) in [6, 6.07) is 9.48. The number of carbonyl (C=O) groups is 1. The third kappa shape index (κ3) is 3.58. The van der Waals surface area contributed by atoms with Gasteiger partial charge in [-0.15, -0.1) is 0 Å². The number of hydrogen-bond acceptors (Lipinski definition) is 3. The fourth-order valence-electron chi connectivity index (χ4n) is 2.35. The maximum atomic E-state index is 12.2. The number of amides is 1. The summed E-state index contributed by atoms with van der Waals surface area (Å²) in [5.41, 5.74) is 4.78. The number of aromatic nitrogens is 1. The largest absolute Gasteiger partial charge is 0.320 e. The van der Waals surface area contributed by atoms with Gasteiger partial charge in [0.2, 0.25) is 0 Å². The molecule has 0 aliphatic heterocycles. The molecule has 2 rings (SSSR count). The molecule has 0 fully saturated rings. The average Bonchev–Trinajstić information content (AvgIpc) is 2.47. The lowest BCUT2D eigenvalue weighted by Crippen LogP contribution is -2.13. The van der Waals surface area contributed by atoms with Crippen molar-refractivity contribution in [2.24, 2.45) is 0 Å². The molecule has 110 valence electrons. The Morgan fingerprint density at radius 2 is 1.95 bits per heavy atom. The van der Waals surface area contributed by atoms with Crippen LogP contribution in [0.1, 0.15) is 22.3 Å². The molecule has 0 spiro atoms. The number of benzene rings is 1. The van der Waals surface area contributed by atoms with Crippen molar-refractivity contribution in [1.29, 1.82) is 5.26 Å². The summed E-state index contributed by atoms with van der Waals surface area (Å²) < 4.78 is 0. The Morgan fingerprint density at radius 1 is 1.27 bits per heavy atom. The first-order chi connectivity index (χ1) is 10.5. The topological polar surface area (TPSA) is 65.8 Å². The summed E-state index contributed by atoms with van der Waals surface area (Å²) in [6.07, 6.45) is 4.79. The zero-order valence-electron chi connectivity index (χ0n) is 12.8. The fourth-order valence-corrected chi connectivity index (χ4v) is 2.35. The number of nitriles is 1. The highest BCUT2D eigenvalue weighted by atomic mass is 16.1. The molecule has 2 aromatic rings. The van der Waals surface area contributed by atoms with Crippen molar-refractivity contribution in [2.75, 3.05) is 5.32 Å². The normalized spacial score (nSPS) is 10.9. The van der Waals surface area contributed by atoms with E-state index < -0.39 is 5.91 Å². The van der Waals surface area contributed by atoms with Crippen LogP contribution in [0.4, 0.5) is 5.69 Å². The molecule has 1 aromatic heterocycles. The van der Waals surface area contributed by atoms with Gasteiger partial charge in [0.05, 0.1) is 11.9 Å². The van der Waals surface area contributed by atoms with Crippen LogP contribution in [-0.2, 0) is 4.79 Å². The molecule has 4 heteroatoms. The summed E-state index contributed by atoms with van der Waals surface area (Å²) in [6.45, 7) is 5.97. The number of aryl methyl sites for hydroxylation is 3. The van der Waals surface area contributed by atoms with Crippen LogP contribution in [0, 0.1) is 32.1 Å². The Balaban J connectivity index is 2.32. The monoisotopic (exact) mass is 291 g/mol. The smallest absolute Gasteiger partial charge is 0.266 e. The Bertz CT molecular complexity index is 748. The second-order valence-corrected chi connectivity index (χ2v) is 5.18. The second-order valence-electron chi connectivity index (χ2n) is 5.18. The quantitative estimate of drug-likeness (QED) is 0.694. The minimum atomic E-state index is -0.435. The molecule has 22 heavy (non-hydrogen) atoms. The molecule has 1 heterocycles. The SMILES string of the molecule is Cc1cc(C)c(/C=C(\C#N)C(=O)Nc2cccnc2)c(C)c1. The van der Waals surface area contributed by atoms with E-state index in [1.54, 1.807) is 24.4 Å². The highest BCUT2D eigenvalue weighted by Gasteiger charge is 2.11. The van der Waals surface area contributed by atoms with Crippen LogP contribution >= 0.6 is 0 Å². The Morgan fingerprint density at radius 3 is 2.50 bits per heavy atom. The van der Waals surface area contributed by atoms with Gasteiger partial charge in [0.1, 0.15) is 11.6 Å². The molecule has 0 bridgehead atoms. The predicted molar refractivity (Wildman–Crippen MR) is 87.1 cm³/mol. The lowest BCUT2D eigenvalue weighted by molar-refractivity contribution is -0.112. The van der Waals surface area contributed by atoms with E-state index in [1.807, 2.05) is 39.0 Å². The minimum Gasteiger partial charge on any atom is -0.320 e. The van der Waals surface area contributed by atoms with Crippen molar-refractivity contribution in [2.45, 2.75) is 20.8 Å². The number of rotatable bonds is 3. The van der Waals surface area contributed by atoms with Crippen molar-refractivity contribution in [3.05, 3.63) is 64.5 Å². The van der Waals surface area contributed by atoms with Crippen LogP contribution < -0.4 is 5.32 Å². The molecular weight excluding hydrogens is 274 g/mol. The first kappa shape index (κ1) is 15.5. The van der Waals surface area contributed by atoms with E-state index in [9.17, 15) is 10.1 Å². The van der Waals surface area contributed by atoms with Crippen LogP contribution in [0.2, 0.25) is 0 Å². The number of nitrogens with zero attached hydrogens (tertiary/aromatic N) is 2. The molecule has 4 nitrogen and oxygen atoms in total. The van der Waals surface area contributed by atoms with Gasteiger partial charge < -0.3 is 5.32 Å². The predicted octanol–water partition coefficient (Wildman–Crippen LogP) is 3.55. The molecule has 1 aromatic carbocycles. The lowest BCUT2D eigenvalue weighted by atomic mass is 9.98. The summed E-state index contributed by atoms with van der Waals surface area (Å²) in [4.78, 5) is 16.1. The van der Waals surface area contributed by atoms with E-state index in [0.29, 0.717) is 5.69 Å². The average molecular weight is 291 g/mol. The number of nitrogens with one attached hydrogen (secondary N) is 1. The molecule has 1 amide bonds. The fraction of sp³-hybridized carbons (Fsp3) is 0.167. The highest BCUT2D eigenvalue weighted by Crippen LogP contribution is 2.20. The van der Waals surface area contributed by atoms with E-state index in [1.165, 1.54) is 6.20 Å². The third-order valence-electron chi connectivity index (χ3n) is 3.31. The number of pyridine rings is 1. The van der Waals surface area contributed by atoms with E-state index in [-0.39, 0.29) is 5.57 Å². The van der Waals surface area contributed by atoms with E-state index in [2.05, 4.69) is 10.3 Å². The van der Waals surface area contributed by atoms with E-state index >= 15 is 0 Å². The molecule has 0 radical (unpaired) electrons. The number of carbonyl (C=O) groups excluding carboxylic acids is 1. The van der Waals surface area contributed by atoms with E-state index in [0.717, 1.165) is 22.3 Å². The van der Waals surface area contributed by atoms with Crippen LogP contribution in [-0.4, -0.2) is 10.9 Å². The standard InChI is InChI=1S/C18H17N3O/c1-12-7-13(2)17(14(3)8-12)9-15(10-19)18(22)21-16-5-4-6-20-11-16/h4-9,11H,1-3H3,(H,21,22)/b15-9+. The summed E-state index contributed by atoms with van der Waals surface area (Å²) in [5.74, 6) is -0.435. The minimum absolute atomic E-state index is 0.0684. The van der Waals surface area contributed by atoms with Crippen molar-refractivity contribution >= 4 is 17.7 Å². The first-order valence-electron chi connectivity index (χ1n) is 6.92. The van der Waals surface area contributed by atoms with Gasteiger partial charge in [-0.1, -0.05) is 17.7 Å². The molecule has 0 aliphatic rings. The van der Waals surface area contributed by atoms with Gasteiger partial charge in [0.25, 0.3) is 5.91 Å². The van der Waals surface area contributed by atoms with Gasteiger partial charge in [0.15, 0.2) is 0 Å². The zero-order chi connectivity index (χ0) is 16.1. The Labute approximate surface area is 130 Å². The van der Waals surface area contributed by atoms with Crippen LogP contribution in [0.5, 0.6) is 0 Å². The van der Waals surface area contributed by atoms with Gasteiger partial charge >= 0.3 is 0 Å². The first-order valence-corrected chi connectivity index (χ1v) is 6.92. The van der Waals surface area contributed by atoms with Crippen LogP contribution in [0.25, 0.3) is 6.08 Å². The van der Waals surface area contributed by atoms with Gasteiger partial charge in [-0.2, -0.15) is 5.26 Å². The summed E-state index contributed by atoms with van der Waals surface area (Å²) >= 11 is 0.